The lowest BCUT2D eigenvalue weighted by Crippen LogP contribution is -2.37. The lowest BCUT2D eigenvalue weighted by molar-refractivity contribution is 0.0190. The molecule has 1 aromatic rings. The molecule has 4 heteroatoms. The Labute approximate surface area is 108 Å². The number of nitrogens with two attached hydrogens (primary N) is 1. The summed E-state index contributed by atoms with van der Waals surface area (Å²) in [6.07, 6.45) is 0.213. The van der Waals surface area contributed by atoms with E-state index in [1.807, 2.05) is 25.1 Å². The van der Waals surface area contributed by atoms with Crippen LogP contribution in [0, 0.1) is 12.3 Å². The van der Waals surface area contributed by atoms with Gasteiger partial charge in [0.1, 0.15) is 5.75 Å². The summed E-state index contributed by atoms with van der Waals surface area (Å²) < 4.78 is 10.6. The molecule has 1 aliphatic rings. The maximum Gasteiger partial charge on any atom is 0.121 e. The summed E-state index contributed by atoms with van der Waals surface area (Å²) >= 11 is 0. The Morgan fingerprint density at radius 3 is 2.83 bits per heavy atom. The van der Waals surface area contributed by atoms with Crippen LogP contribution in [0.25, 0.3) is 0 Å². The van der Waals surface area contributed by atoms with E-state index >= 15 is 0 Å². The van der Waals surface area contributed by atoms with E-state index in [9.17, 15) is 5.11 Å². The molecule has 1 saturated heterocycles. The fourth-order valence-electron chi connectivity index (χ4n) is 2.54. The number of aliphatic hydroxyl groups is 1. The van der Waals surface area contributed by atoms with Crippen molar-refractivity contribution in [2.45, 2.75) is 19.4 Å². The number of hydrogen-bond acceptors (Lipinski definition) is 4. The Morgan fingerprint density at radius 1 is 1.56 bits per heavy atom. The molecular formula is C14H21NO3. The third kappa shape index (κ3) is 2.23. The molecule has 0 amide bonds. The first-order valence-electron chi connectivity index (χ1n) is 6.23. The van der Waals surface area contributed by atoms with Gasteiger partial charge in [0.05, 0.1) is 19.8 Å². The van der Waals surface area contributed by atoms with Crippen LogP contribution in [-0.4, -0.2) is 32.0 Å². The summed E-state index contributed by atoms with van der Waals surface area (Å²) in [5.41, 5.74) is 7.38. The minimum atomic E-state index is -0.588. The summed E-state index contributed by atoms with van der Waals surface area (Å²) in [7, 11) is 1.64. The van der Waals surface area contributed by atoms with Crippen LogP contribution in [0.15, 0.2) is 18.2 Å². The average Bonchev–Trinajstić information content (AvgIpc) is 2.87. The Kier molecular flexibility index (Phi) is 3.90. The van der Waals surface area contributed by atoms with Crippen LogP contribution in [0.5, 0.6) is 5.75 Å². The molecule has 2 atom stereocenters. The van der Waals surface area contributed by atoms with Crippen LogP contribution in [0.4, 0.5) is 0 Å². The van der Waals surface area contributed by atoms with Gasteiger partial charge in [-0.3, -0.25) is 0 Å². The number of aliphatic hydroxyl groups excluding tert-OH is 1. The van der Waals surface area contributed by atoms with E-state index in [1.165, 1.54) is 0 Å². The predicted octanol–water partition coefficient (Wildman–Crippen LogP) is 1.40. The van der Waals surface area contributed by atoms with Gasteiger partial charge in [0.25, 0.3) is 0 Å². The van der Waals surface area contributed by atoms with Crippen molar-refractivity contribution in [1.82, 2.24) is 0 Å². The second-order valence-electron chi connectivity index (χ2n) is 5.00. The van der Waals surface area contributed by atoms with E-state index < -0.39 is 6.10 Å². The highest BCUT2D eigenvalue weighted by Crippen LogP contribution is 2.41. The van der Waals surface area contributed by atoms with Crippen LogP contribution in [0.3, 0.4) is 0 Å². The maximum absolute atomic E-state index is 10.6. The molecular weight excluding hydrogens is 230 g/mol. The van der Waals surface area contributed by atoms with Gasteiger partial charge >= 0.3 is 0 Å². The van der Waals surface area contributed by atoms with Gasteiger partial charge in [-0.25, -0.2) is 0 Å². The van der Waals surface area contributed by atoms with Crippen LogP contribution in [-0.2, 0) is 4.74 Å². The number of rotatable bonds is 4. The van der Waals surface area contributed by atoms with Crippen molar-refractivity contribution in [3.8, 4) is 5.75 Å². The molecule has 0 radical (unpaired) electrons. The van der Waals surface area contributed by atoms with Crippen LogP contribution in [0.1, 0.15) is 23.7 Å². The molecule has 0 spiro atoms. The third-order valence-electron chi connectivity index (χ3n) is 3.86. The summed E-state index contributed by atoms with van der Waals surface area (Å²) in [4.78, 5) is 0. The van der Waals surface area contributed by atoms with Gasteiger partial charge < -0.3 is 20.3 Å². The van der Waals surface area contributed by atoms with Gasteiger partial charge in [0, 0.05) is 18.6 Å². The molecule has 0 aliphatic carbocycles. The lowest BCUT2D eigenvalue weighted by atomic mass is 9.78. The van der Waals surface area contributed by atoms with Crippen molar-refractivity contribution < 1.29 is 14.6 Å². The normalized spacial score (nSPS) is 25.1. The monoisotopic (exact) mass is 251 g/mol. The van der Waals surface area contributed by atoms with Gasteiger partial charge in [0.15, 0.2) is 0 Å². The Hall–Kier alpha value is -1.10. The van der Waals surface area contributed by atoms with Crippen molar-refractivity contribution in [1.29, 1.82) is 0 Å². The first-order chi connectivity index (χ1) is 8.63. The Balaban J connectivity index is 2.27. The van der Waals surface area contributed by atoms with Crippen molar-refractivity contribution in [2.24, 2.45) is 11.1 Å². The average molecular weight is 251 g/mol. The Morgan fingerprint density at radius 2 is 2.33 bits per heavy atom. The molecule has 3 N–H and O–H groups in total. The fraction of sp³-hybridized carbons (Fsp3) is 0.571. The summed E-state index contributed by atoms with van der Waals surface area (Å²) in [5, 5.41) is 10.6. The van der Waals surface area contributed by atoms with E-state index in [0.29, 0.717) is 19.8 Å². The molecule has 18 heavy (non-hydrogen) atoms. The molecule has 2 rings (SSSR count). The van der Waals surface area contributed by atoms with Crippen LogP contribution < -0.4 is 10.5 Å². The summed E-state index contributed by atoms with van der Waals surface area (Å²) in [6.45, 7) is 3.59. The minimum Gasteiger partial charge on any atom is -0.496 e. The molecule has 2 unspecified atom stereocenters. The zero-order valence-electron chi connectivity index (χ0n) is 11.0. The summed E-state index contributed by atoms with van der Waals surface area (Å²) in [5.74, 6) is 0.829. The lowest BCUT2D eigenvalue weighted by Gasteiger charge is -2.31. The molecule has 0 saturated carbocycles. The molecule has 1 fully saturated rings. The number of hydrogen-bond donors (Lipinski definition) is 2. The molecule has 1 aromatic carbocycles. The zero-order chi connectivity index (χ0) is 13.2. The molecule has 1 heterocycles. The first-order valence-corrected chi connectivity index (χ1v) is 6.23. The highest BCUT2D eigenvalue weighted by molar-refractivity contribution is 5.37. The van der Waals surface area contributed by atoms with E-state index in [-0.39, 0.29) is 5.41 Å². The summed E-state index contributed by atoms with van der Waals surface area (Å²) in [6, 6.07) is 5.74. The van der Waals surface area contributed by atoms with E-state index in [4.69, 9.17) is 15.2 Å². The van der Waals surface area contributed by atoms with Crippen molar-refractivity contribution >= 4 is 0 Å². The smallest absolute Gasteiger partial charge is 0.121 e. The highest BCUT2D eigenvalue weighted by Gasteiger charge is 2.41. The second-order valence-corrected chi connectivity index (χ2v) is 5.00. The largest absolute Gasteiger partial charge is 0.496 e. The van der Waals surface area contributed by atoms with Gasteiger partial charge in [-0.15, -0.1) is 0 Å². The van der Waals surface area contributed by atoms with E-state index in [2.05, 4.69) is 0 Å². The van der Waals surface area contributed by atoms with Gasteiger partial charge in [0.2, 0.25) is 0 Å². The van der Waals surface area contributed by atoms with E-state index in [1.54, 1.807) is 7.11 Å². The van der Waals surface area contributed by atoms with Crippen molar-refractivity contribution in [3.05, 3.63) is 29.3 Å². The van der Waals surface area contributed by atoms with Crippen molar-refractivity contribution in [3.63, 3.8) is 0 Å². The van der Waals surface area contributed by atoms with Crippen LogP contribution >= 0.6 is 0 Å². The topological polar surface area (TPSA) is 64.7 Å². The predicted molar refractivity (Wildman–Crippen MR) is 69.6 cm³/mol. The zero-order valence-corrected chi connectivity index (χ0v) is 11.0. The van der Waals surface area contributed by atoms with Gasteiger partial charge in [-0.2, -0.15) is 0 Å². The van der Waals surface area contributed by atoms with E-state index in [0.717, 1.165) is 23.3 Å². The minimum absolute atomic E-state index is 0.346. The van der Waals surface area contributed by atoms with Crippen LogP contribution in [0.2, 0.25) is 0 Å². The Bertz CT molecular complexity index is 414. The number of benzene rings is 1. The number of methoxy groups -OCH3 is 1. The van der Waals surface area contributed by atoms with Crippen molar-refractivity contribution in [2.75, 3.05) is 26.9 Å². The molecule has 100 valence electrons. The number of aryl methyl sites for hydroxylation is 1. The molecule has 0 aromatic heterocycles. The fourth-order valence-corrected chi connectivity index (χ4v) is 2.54. The van der Waals surface area contributed by atoms with Gasteiger partial charge in [-0.05, 0) is 36.6 Å². The molecule has 0 bridgehead atoms. The standard InChI is InChI=1S/C14H21NO3/c1-10-7-11(3-4-12(10)17-2)13(16)14(8-15)5-6-18-9-14/h3-4,7,13,16H,5-6,8-9,15H2,1-2H3. The van der Waals surface area contributed by atoms with Gasteiger partial charge in [-0.1, -0.05) is 6.07 Å². The highest BCUT2D eigenvalue weighted by atomic mass is 16.5. The quantitative estimate of drug-likeness (QED) is 0.849. The third-order valence-corrected chi connectivity index (χ3v) is 3.86. The maximum atomic E-state index is 10.6. The molecule has 1 aliphatic heterocycles. The number of ether oxygens (including phenoxy) is 2. The SMILES string of the molecule is COc1ccc(C(O)C2(CN)CCOC2)cc1C. The molecule has 4 nitrogen and oxygen atoms in total. The second kappa shape index (κ2) is 5.26. The first kappa shape index (κ1) is 13.3.